The van der Waals surface area contributed by atoms with Gasteiger partial charge < -0.3 is 15.0 Å². The molecule has 0 aromatic carbocycles. The van der Waals surface area contributed by atoms with Crippen molar-refractivity contribution in [3.05, 3.63) is 48.3 Å². The van der Waals surface area contributed by atoms with Gasteiger partial charge in [-0.15, -0.1) is 0 Å². The third-order valence-electron chi connectivity index (χ3n) is 7.80. The minimum Gasteiger partial charge on any atom is -0.372 e. The lowest BCUT2D eigenvalue weighted by Crippen LogP contribution is -2.45. The molecule has 0 radical (unpaired) electrons. The third-order valence-corrected chi connectivity index (χ3v) is 9.25. The number of hydrogen-bond acceptors (Lipinski definition) is 8. The monoisotopic (exact) mass is 572 g/mol. The molecule has 10 nitrogen and oxygen atoms in total. The summed E-state index contributed by atoms with van der Waals surface area (Å²) in [7, 11) is -4.66. The molecule has 1 saturated carbocycles. The number of alkyl halides is 2. The predicted octanol–water partition coefficient (Wildman–Crippen LogP) is 2.59. The van der Waals surface area contributed by atoms with E-state index in [2.05, 4.69) is 15.2 Å². The van der Waals surface area contributed by atoms with E-state index in [1.54, 1.807) is 12.3 Å². The van der Waals surface area contributed by atoms with Crippen LogP contribution in [0.4, 0.5) is 14.6 Å². The quantitative estimate of drug-likeness (QED) is 0.459. The molecule has 40 heavy (non-hydrogen) atoms. The summed E-state index contributed by atoms with van der Waals surface area (Å²) >= 11 is 0. The predicted molar refractivity (Wildman–Crippen MR) is 144 cm³/mol. The molecule has 1 N–H and O–H groups in total. The minimum atomic E-state index is -4.66. The van der Waals surface area contributed by atoms with E-state index in [-0.39, 0.29) is 43.5 Å². The van der Waals surface area contributed by atoms with E-state index in [0.717, 1.165) is 34.3 Å². The van der Waals surface area contributed by atoms with Gasteiger partial charge in [-0.05, 0) is 56.5 Å². The molecule has 1 aliphatic carbocycles. The molecule has 3 aromatic heterocycles. The number of anilines is 1. The number of halogens is 2. The van der Waals surface area contributed by atoms with Gasteiger partial charge in [-0.3, -0.25) is 9.78 Å². The number of aromatic nitrogens is 3. The Kier molecular flexibility index (Phi) is 6.70. The smallest absolute Gasteiger partial charge is 0.350 e. The highest BCUT2D eigenvalue weighted by atomic mass is 32.2. The van der Waals surface area contributed by atoms with Crippen molar-refractivity contribution < 1.29 is 26.7 Å². The number of hydrogen-bond donors (Lipinski definition) is 1. The molecule has 6 rings (SSSR count). The molecule has 212 valence electrons. The molecular formula is C27H30F2N6O4S. The van der Waals surface area contributed by atoms with Gasteiger partial charge in [-0.1, -0.05) is 6.07 Å². The highest BCUT2D eigenvalue weighted by molar-refractivity contribution is 7.89. The third kappa shape index (κ3) is 5.13. The highest BCUT2D eigenvalue weighted by Crippen LogP contribution is 2.50. The number of morpholine rings is 1. The van der Waals surface area contributed by atoms with Crippen LogP contribution in [0.2, 0.25) is 0 Å². The zero-order chi connectivity index (χ0) is 28.2. The number of ether oxygens (including phenoxy) is 1. The van der Waals surface area contributed by atoms with Crippen LogP contribution in [0.25, 0.3) is 22.3 Å². The molecule has 1 amide bonds. The molecule has 3 fully saturated rings. The summed E-state index contributed by atoms with van der Waals surface area (Å²) in [4.78, 5) is 29.1. The number of fused-ring (bicyclic) bond motifs is 2. The number of carbonyl (C=O) groups excluding carboxylic acids is 1. The molecular weight excluding hydrogens is 542 g/mol. The van der Waals surface area contributed by atoms with Crippen molar-refractivity contribution in [3.8, 4) is 11.4 Å². The zero-order valence-corrected chi connectivity index (χ0v) is 22.9. The van der Waals surface area contributed by atoms with Gasteiger partial charge in [0.2, 0.25) is 5.91 Å². The van der Waals surface area contributed by atoms with Crippen LogP contribution in [-0.2, 0) is 26.0 Å². The maximum atomic E-state index is 12.9. The highest BCUT2D eigenvalue weighted by Gasteiger charge is 2.63. The molecule has 2 saturated heterocycles. The maximum Gasteiger partial charge on any atom is 0.350 e. The average Bonchev–Trinajstić information content (AvgIpc) is 3.44. The van der Waals surface area contributed by atoms with Gasteiger partial charge in [0.15, 0.2) is 0 Å². The number of carbonyl (C=O) groups is 1. The molecule has 4 atom stereocenters. The van der Waals surface area contributed by atoms with Crippen LogP contribution >= 0.6 is 0 Å². The first-order chi connectivity index (χ1) is 19.0. The number of nitrogens with zero attached hydrogens (tertiary/aromatic N) is 5. The van der Waals surface area contributed by atoms with Crippen molar-refractivity contribution in [3.63, 3.8) is 0 Å². The largest absolute Gasteiger partial charge is 0.372 e. The normalized spacial score (nSPS) is 26.7. The molecule has 5 heterocycles. The number of sulfonamides is 1. The van der Waals surface area contributed by atoms with Crippen molar-refractivity contribution in [2.24, 2.45) is 5.92 Å². The Balaban J connectivity index is 1.16. The summed E-state index contributed by atoms with van der Waals surface area (Å²) < 4.78 is 56.2. The van der Waals surface area contributed by atoms with Crippen LogP contribution in [-0.4, -0.2) is 83.3 Å². The Morgan fingerprint density at radius 1 is 1.12 bits per heavy atom. The molecule has 0 unspecified atom stereocenters. The number of amides is 1. The first-order valence-electron chi connectivity index (χ1n) is 13.2. The second kappa shape index (κ2) is 9.96. The second-order valence-corrected chi connectivity index (χ2v) is 12.9. The fourth-order valence-corrected chi connectivity index (χ4v) is 6.85. The maximum absolute atomic E-state index is 12.9. The van der Waals surface area contributed by atoms with Crippen LogP contribution in [0, 0.1) is 5.92 Å². The van der Waals surface area contributed by atoms with E-state index >= 15 is 0 Å². The van der Waals surface area contributed by atoms with Gasteiger partial charge in [0.1, 0.15) is 5.82 Å². The number of nitrogens with one attached hydrogen (secondary N) is 1. The van der Waals surface area contributed by atoms with Crippen molar-refractivity contribution in [2.75, 3.05) is 31.1 Å². The van der Waals surface area contributed by atoms with Crippen molar-refractivity contribution in [2.45, 2.75) is 50.2 Å². The zero-order valence-electron chi connectivity index (χ0n) is 22.1. The second-order valence-electron chi connectivity index (χ2n) is 11.0. The van der Waals surface area contributed by atoms with Gasteiger partial charge in [-0.25, -0.2) is 18.4 Å². The lowest BCUT2D eigenvalue weighted by molar-refractivity contribution is -0.121. The first-order valence-corrected chi connectivity index (χ1v) is 14.7. The van der Waals surface area contributed by atoms with Crippen LogP contribution in [0.5, 0.6) is 0 Å². The van der Waals surface area contributed by atoms with Crippen molar-refractivity contribution in [1.82, 2.24) is 24.6 Å². The molecule has 0 bridgehead atoms. The first kappa shape index (κ1) is 26.9. The SMILES string of the molecule is C[C@@H]1CN(c2cccc(-c3ccc4cnc(CC(=O)N[C@]56C[C@H]5CN(S(=O)(=O)C(F)F)C6)cc4n3)n2)C[C@H](C)O1. The summed E-state index contributed by atoms with van der Waals surface area (Å²) in [5.41, 5.74) is 1.79. The van der Waals surface area contributed by atoms with E-state index in [0.29, 0.717) is 23.3 Å². The molecule has 2 aliphatic heterocycles. The van der Waals surface area contributed by atoms with Crippen molar-refractivity contribution in [1.29, 1.82) is 0 Å². The fraction of sp³-hybridized carbons (Fsp3) is 0.481. The molecule has 13 heteroatoms. The molecule has 0 spiro atoms. The number of piperidine rings is 1. The number of pyridine rings is 3. The Labute approximate surface area is 230 Å². The molecule has 3 aliphatic rings. The van der Waals surface area contributed by atoms with Crippen LogP contribution < -0.4 is 10.2 Å². The Morgan fingerprint density at radius 3 is 2.62 bits per heavy atom. The van der Waals surface area contributed by atoms with Gasteiger partial charge in [-0.2, -0.15) is 13.1 Å². The van der Waals surface area contributed by atoms with E-state index < -0.39 is 21.3 Å². The summed E-state index contributed by atoms with van der Waals surface area (Å²) in [5, 5.41) is 3.68. The van der Waals surface area contributed by atoms with Crippen LogP contribution in [0.1, 0.15) is 26.0 Å². The van der Waals surface area contributed by atoms with Gasteiger partial charge in [0.05, 0.1) is 46.8 Å². The van der Waals surface area contributed by atoms with Gasteiger partial charge in [0.25, 0.3) is 10.0 Å². The van der Waals surface area contributed by atoms with Gasteiger partial charge >= 0.3 is 5.76 Å². The lowest BCUT2D eigenvalue weighted by Gasteiger charge is -2.36. The Morgan fingerprint density at radius 2 is 1.88 bits per heavy atom. The van der Waals surface area contributed by atoms with Gasteiger partial charge in [0, 0.05) is 37.8 Å². The summed E-state index contributed by atoms with van der Waals surface area (Å²) in [5.74, 6) is -3.12. The standard InChI is InChI=1S/C27H30F2N6O4S/c1-16-12-34(13-17(2)39-16)24-5-3-4-21(32-24)22-7-6-18-11-30-20(8-23(18)31-22)9-25(36)33-27-10-19(27)14-35(15-27)40(37,38)26(28)29/h3-8,11,16-17,19,26H,9-10,12-15H2,1-2H3,(H,33,36)/t16-,17+,19-,27-/m0/s1. The minimum absolute atomic E-state index is 0.00724. The van der Waals surface area contributed by atoms with E-state index in [1.807, 2.05) is 44.2 Å². The summed E-state index contributed by atoms with van der Waals surface area (Å²) in [6.07, 6.45) is 2.40. The van der Waals surface area contributed by atoms with Crippen molar-refractivity contribution >= 4 is 32.7 Å². The molecule has 3 aromatic rings. The van der Waals surface area contributed by atoms with Crippen LogP contribution in [0.15, 0.2) is 42.6 Å². The summed E-state index contributed by atoms with van der Waals surface area (Å²) in [6, 6.07) is 11.4. The van der Waals surface area contributed by atoms with E-state index in [1.165, 1.54) is 0 Å². The van der Waals surface area contributed by atoms with E-state index in [4.69, 9.17) is 14.7 Å². The topological polar surface area (TPSA) is 118 Å². The van der Waals surface area contributed by atoms with Crippen LogP contribution in [0.3, 0.4) is 0 Å². The van der Waals surface area contributed by atoms with E-state index in [9.17, 15) is 22.0 Å². The number of rotatable bonds is 7. The fourth-order valence-electron chi connectivity index (χ4n) is 5.83. The Bertz CT molecular complexity index is 1560. The lowest BCUT2D eigenvalue weighted by atomic mass is 10.1. The average molecular weight is 573 g/mol. The Hall–Kier alpha value is -3.29. The summed E-state index contributed by atoms with van der Waals surface area (Å²) in [6.45, 7) is 5.46.